The van der Waals surface area contributed by atoms with Crippen molar-refractivity contribution in [3.05, 3.63) is 52.6 Å². The normalized spacial score (nSPS) is 18.9. The molecule has 4 rings (SSSR count). The first kappa shape index (κ1) is 32.5. The number of hydrogen-bond acceptors (Lipinski definition) is 7. The van der Waals surface area contributed by atoms with E-state index in [2.05, 4.69) is 22.1 Å². The predicted octanol–water partition coefficient (Wildman–Crippen LogP) is 2.06. The van der Waals surface area contributed by atoms with Crippen LogP contribution >= 0.6 is 12.4 Å². The Hall–Kier alpha value is -2.99. The van der Waals surface area contributed by atoms with Crippen LogP contribution in [0.3, 0.4) is 0 Å². The Bertz CT molecular complexity index is 1220. The highest BCUT2D eigenvalue weighted by molar-refractivity contribution is 5.89. The maximum absolute atomic E-state index is 12.8. The van der Waals surface area contributed by atoms with Gasteiger partial charge in [-0.2, -0.15) is 4.98 Å². The van der Waals surface area contributed by atoms with Gasteiger partial charge in [0.2, 0.25) is 5.91 Å². The number of piperidine rings is 1. The molecular formula is C29H45ClN8O3. The zero-order chi connectivity index (χ0) is 28.9. The van der Waals surface area contributed by atoms with E-state index in [1.165, 1.54) is 23.0 Å². The second-order valence-electron chi connectivity index (χ2n) is 11.6. The van der Waals surface area contributed by atoms with Crippen molar-refractivity contribution in [2.24, 2.45) is 17.4 Å². The number of urea groups is 1. The van der Waals surface area contributed by atoms with Gasteiger partial charge in [0, 0.05) is 51.5 Å². The quantitative estimate of drug-likeness (QED) is 0.428. The largest absolute Gasteiger partial charge is 0.354 e. The van der Waals surface area contributed by atoms with Gasteiger partial charge in [0.15, 0.2) is 0 Å². The minimum absolute atomic E-state index is 0. The van der Waals surface area contributed by atoms with Gasteiger partial charge in [0.05, 0.1) is 11.2 Å². The Kier molecular flexibility index (Phi) is 11.3. The maximum atomic E-state index is 12.8. The van der Waals surface area contributed by atoms with E-state index >= 15 is 0 Å². The lowest BCUT2D eigenvalue weighted by atomic mass is 9.89. The number of halogens is 1. The summed E-state index contributed by atoms with van der Waals surface area (Å²) < 4.78 is 1.46. The molecule has 2 fully saturated rings. The molecule has 2 saturated heterocycles. The highest BCUT2D eigenvalue weighted by Gasteiger charge is 2.31. The number of rotatable bonds is 8. The third kappa shape index (κ3) is 8.51. The Morgan fingerprint density at radius 3 is 2.34 bits per heavy atom. The summed E-state index contributed by atoms with van der Waals surface area (Å²) in [5, 5.41) is 2.70. The first-order chi connectivity index (χ1) is 19.0. The van der Waals surface area contributed by atoms with Crippen molar-refractivity contribution >= 4 is 30.2 Å². The SMILES string of the molecule is CCC(N)C1CCCN(CCc2ccc(-n3ccc(NC(=O)N4CCN(C(=O)C(C)(C)N)CC4)nc3=O)cc2)C1.Cl. The highest BCUT2D eigenvalue weighted by Crippen LogP contribution is 2.21. The molecule has 1 aromatic carbocycles. The number of carbonyl (C=O) groups excluding carboxylic acids is 2. The molecule has 1 aromatic heterocycles. The van der Waals surface area contributed by atoms with E-state index < -0.39 is 11.2 Å². The summed E-state index contributed by atoms with van der Waals surface area (Å²) in [5.74, 6) is 0.629. The van der Waals surface area contributed by atoms with Gasteiger partial charge in [-0.25, -0.2) is 9.59 Å². The van der Waals surface area contributed by atoms with Crippen LogP contribution in [-0.4, -0.2) is 93.6 Å². The molecule has 3 amide bonds. The number of carbonyl (C=O) groups is 2. The van der Waals surface area contributed by atoms with Crippen molar-refractivity contribution < 1.29 is 9.59 Å². The van der Waals surface area contributed by atoms with Gasteiger partial charge in [-0.1, -0.05) is 19.1 Å². The molecule has 12 heteroatoms. The summed E-state index contributed by atoms with van der Waals surface area (Å²) in [4.78, 5) is 47.7. The highest BCUT2D eigenvalue weighted by atomic mass is 35.5. The molecule has 0 saturated carbocycles. The summed E-state index contributed by atoms with van der Waals surface area (Å²) in [6.45, 7) is 10.3. The molecule has 11 nitrogen and oxygen atoms in total. The molecule has 0 spiro atoms. The van der Waals surface area contributed by atoms with Gasteiger partial charge >= 0.3 is 11.7 Å². The molecule has 2 aromatic rings. The van der Waals surface area contributed by atoms with E-state index in [0.717, 1.165) is 38.2 Å². The lowest BCUT2D eigenvalue weighted by Crippen LogP contribution is -2.58. The molecule has 2 aliphatic heterocycles. The fourth-order valence-electron chi connectivity index (χ4n) is 5.47. The number of likely N-dealkylation sites (tertiary alicyclic amines) is 1. The van der Waals surface area contributed by atoms with Crippen molar-refractivity contribution in [3.8, 4) is 5.69 Å². The van der Waals surface area contributed by atoms with E-state index in [-0.39, 0.29) is 36.2 Å². The van der Waals surface area contributed by atoms with Gasteiger partial charge in [0.1, 0.15) is 5.82 Å². The second kappa shape index (κ2) is 14.3. The average Bonchev–Trinajstić information content (AvgIpc) is 2.95. The molecule has 2 aliphatic rings. The third-order valence-corrected chi connectivity index (χ3v) is 7.99. The standard InChI is InChI=1S/C29H44N8O3.ClH/c1-4-24(30)22-6-5-13-34(20-22)14-11-21-7-9-23(10-8-21)37-15-12-25(33-28(37)40)32-27(39)36-18-16-35(17-19-36)26(38)29(2,3)31;/h7-10,12,15,22,24H,4-6,11,13-14,16-20,30-31H2,1-3H3,(H,32,33,39,40);1H. The Balaban J connectivity index is 0.00000462. The van der Waals surface area contributed by atoms with Crippen LogP contribution in [0.15, 0.2) is 41.3 Å². The second-order valence-corrected chi connectivity index (χ2v) is 11.6. The summed E-state index contributed by atoms with van der Waals surface area (Å²) in [6, 6.07) is 9.48. The zero-order valence-corrected chi connectivity index (χ0v) is 25.2. The molecule has 3 heterocycles. The number of nitrogens with two attached hydrogens (primary N) is 2. The van der Waals surface area contributed by atoms with Crippen molar-refractivity contribution in [3.63, 3.8) is 0 Å². The number of hydrogen-bond donors (Lipinski definition) is 3. The smallest absolute Gasteiger partial charge is 0.338 e. The Morgan fingerprint density at radius 1 is 1.07 bits per heavy atom. The number of aromatic nitrogens is 2. The zero-order valence-electron chi connectivity index (χ0n) is 24.4. The number of amides is 3. The van der Waals surface area contributed by atoms with Crippen LogP contribution in [0.2, 0.25) is 0 Å². The predicted molar refractivity (Wildman–Crippen MR) is 164 cm³/mol. The monoisotopic (exact) mass is 588 g/mol. The van der Waals surface area contributed by atoms with Gasteiger partial charge in [-0.05, 0) is 75.8 Å². The van der Waals surface area contributed by atoms with Gasteiger partial charge < -0.3 is 26.2 Å². The van der Waals surface area contributed by atoms with Crippen LogP contribution in [-0.2, 0) is 11.2 Å². The molecule has 41 heavy (non-hydrogen) atoms. The van der Waals surface area contributed by atoms with Gasteiger partial charge in [-0.15, -0.1) is 12.4 Å². The summed E-state index contributed by atoms with van der Waals surface area (Å²) in [7, 11) is 0. The van der Waals surface area contributed by atoms with Gasteiger partial charge in [0.25, 0.3) is 0 Å². The third-order valence-electron chi connectivity index (χ3n) is 7.99. The fourth-order valence-corrected chi connectivity index (χ4v) is 5.47. The van der Waals surface area contributed by atoms with Crippen LogP contribution in [0.5, 0.6) is 0 Å². The first-order valence-corrected chi connectivity index (χ1v) is 14.4. The maximum Gasteiger partial charge on any atom is 0.354 e. The number of benzene rings is 1. The molecule has 2 atom stereocenters. The van der Waals surface area contributed by atoms with E-state index in [1.54, 1.807) is 35.9 Å². The minimum Gasteiger partial charge on any atom is -0.338 e. The molecule has 0 aliphatic carbocycles. The fraction of sp³-hybridized carbons (Fsp3) is 0.586. The lowest BCUT2D eigenvalue weighted by Gasteiger charge is -2.37. The molecule has 0 bridgehead atoms. The summed E-state index contributed by atoms with van der Waals surface area (Å²) in [5.41, 5.74) is 12.7. The number of piperazine rings is 1. The average molecular weight is 589 g/mol. The van der Waals surface area contributed by atoms with E-state index in [0.29, 0.717) is 32.1 Å². The van der Waals surface area contributed by atoms with Crippen molar-refractivity contribution in [1.29, 1.82) is 0 Å². The number of nitrogens with one attached hydrogen (secondary N) is 1. The summed E-state index contributed by atoms with van der Waals surface area (Å²) in [6.07, 6.45) is 6.01. The van der Waals surface area contributed by atoms with Crippen LogP contribution < -0.4 is 22.5 Å². The van der Waals surface area contributed by atoms with E-state index in [1.807, 2.05) is 24.3 Å². The molecule has 226 valence electrons. The van der Waals surface area contributed by atoms with Crippen molar-refractivity contribution in [2.75, 3.05) is 51.1 Å². The van der Waals surface area contributed by atoms with Crippen molar-refractivity contribution in [2.45, 2.75) is 58.0 Å². The van der Waals surface area contributed by atoms with Crippen molar-refractivity contribution in [1.82, 2.24) is 24.3 Å². The number of anilines is 1. The van der Waals surface area contributed by atoms with Crippen LogP contribution in [0.25, 0.3) is 5.69 Å². The first-order valence-electron chi connectivity index (χ1n) is 14.4. The number of nitrogens with zero attached hydrogens (tertiary/aromatic N) is 5. The molecule has 5 N–H and O–H groups in total. The molecule has 0 radical (unpaired) electrons. The van der Waals surface area contributed by atoms with Crippen LogP contribution in [0.1, 0.15) is 45.6 Å². The van der Waals surface area contributed by atoms with Crippen LogP contribution in [0, 0.1) is 5.92 Å². The van der Waals surface area contributed by atoms with Gasteiger partial charge in [-0.3, -0.25) is 14.7 Å². The molecular weight excluding hydrogens is 544 g/mol. The van der Waals surface area contributed by atoms with Crippen LogP contribution in [0.4, 0.5) is 10.6 Å². The minimum atomic E-state index is -0.946. The topological polar surface area (TPSA) is 143 Å². The Labute approximate surface area is 248 Å². The Morgan fingerprint density at radius 2 is 1.73 bits per heavy atom. The molecule has 2 unspecified atom stereocenters. The lowest BCUT2D eigenvalue weighted by molar-refractivity contribution is -0.137. The van der Waals surface area contributed by atoms with E-state index in [9.17, 15) is 14.4 Å². The summed E-state index contributed by atoms with van der Waals surface area (Å²) >= 11 is 0. The van der Waals surface area contributed by atoms with E-state index in [4.69, 9.17) is 11.5 Å².